The van der Waals surface area contributed by atoms with E-state index in [1.807, 2.05) is 31.2 Å². The van der Waals surface area contributed by atoms with Crippen LogP contribution in [0.5, 0.6) is 0 Å². The Morgan fingerprint density at radius 2 is 1.68 bits per heavy atom. The summed E-state index contributed by atoms with van der Waals surface area (Å²) >= 11 is 0. The zero-order valence-electron chi connectivity index (χ0n) is 10.7. The monoisotopic (exact) mass is 253 g/mol. The molecule has 2 rings (SSSR count). The van der Waals surface area contributed by atoms with Gasteiger partial charge in [-0.2, -0.15) is 0 Å². The summed E-state index contributed by atoms with van der Waals surface area (Å²) in [6.45, 7) is 2.00. The van der Waals surface area contributed by atoms with E-state index in [0.717, 1.165) is 23.1 Å². The molecular formula is C16H15NO2. The number of aryl methyl sites for hydroxylation is 1. The predicted molar refractivity (Wildman–Crippen MR) is 75.3 cm³/mol. The molecule has 19 heavy (non-hydrogen) atoms. The van der Waals surface area contributed by atoms with Crippen LogP contribution in [0.3, 0.4) is 0 Å². The number of carbonyl (C=O) groups excluding carboxylic acids is 2. The van der Waals surface area contributed by atoms with Crippen molar-refractivity contribution < 1.29 is 9.59 Å². The van der Waals surface area contributed by atoms with E-state index in [0.29, 0.717) is 12.0 Å². The maximum atomic E-state index is 11.8. The van der Waals surface area contributed by atoms with Crippen LogP contribution in [-0.2, 0) is 11.2 Å². The molecule has 1 amide bonds. The number of nitrogens with one attached hydrogen (secondary N) is 1. The molecule has 96 valence electrons. The number of carbonyl (C=O) groups is 2. The zero-order valence-corrected chi connectivity index (χ0v) is 10.7. The molecule has 0 spiro atoms. The van der Waals surface area contributed by atoms with Crippen molar-refractivity contribution in [1.82, 2.24) is 0 Å². The highest BCUT2D eigenvalue weighted by Gasteiger charge is 2.04. The molecule has 0 aromatic heterocycles. The Morgan fingerprint density at radius 1 is 1.05 bits per heavy atom. The van der Waals surface area contributed by atoms with Crippen LogP contribution in [-0.4, -0.2) is 12.2 Å². The van der Waals surface area contributed by atoms with Crippen molar-refractivity contribution in [3.63, 3.8) is 0 Å². The van der Waals surface area contributed by atoms with Crippen molar-refractivity contribution in [2.24, 2.45) is 0 Å². The van der Waals surface area contributed by atoms with Crippen LogP contribution in [0, 0.1) is 6.92 Å². The largest absolute Gasteiger partial charge is 0.326 e. The van der Waals surface area contributed by atoms with Gasteiger partial charge in [-0.1, -0.05) is 42.0 Å². The van der Waals surface area contributed by atoms with Crippen molar-refractivity contribution >= 4 is 17.9 Å². The molecule has 0 fully saturated rings. The lowest BCUT2D eigenvalue weighted by Gasteiger charge is -2.05. The third kappa shape index (κ3) is 3.78. The number of anilines is 1. The minimum Gasteiger partial charge on any atom is -0.326 e. The molecule has 0 aliphatic rings. The summed E-state index contributed by atoms with van der Waals surface area (Å²) in [6.07, 6.45) is 1.09. The highest BCUT2D eigenvalue weighted by molar-refractivity contribution is 5.92. The van der Waals surface area contributed by atoms with Crippen LogP contribution in [0.25, 0.3) is 0 Å². The van der Waals surface area contributed by atoms with Gasteiger partial charge in [-0.25, -0.2) is 0 Å². The van der Waals surface area contributed by atoms with Gasteiger partial charge in [0.1, 0.15) is 6.29 Å². The lowest BCUT2D eigenvalue weighted by Crippen LogP contribution is -2.14. The predicted octanol–water partition coefficient (Wildman–Crippen LogP) is 2.99. The van der Waals surface area contributed by atoms with Crippen LogP contribution < -0.4 is 5.32 Å². The van der Waals surface area contributed by atoms with Crippen molar-refractivity contribution in [2.75, 3.05) is 5.32 Å². The van der Waals surface area contributed by atoms with Gasteiger partial charge in [0.2, 0.25) is 5.91 Å². The summed E-state index contributed by atoms with van der Waals surface area (Å²) in [4.78, 5) is 22.4. The summed E-state index contributed by atoms with van der Waals surface area (Å²) in [5, 5.41) is 2.84. The molecule has 3 heteroatoms. The summed E-state index contributed by atoms with van der Waals surface area (Å²) in [7, 11) is 0. The lowest BCUT2D eigenvalue weighted by atomic mass is 10.1. The number of hydrogen-bond acceptors (Lipinski definition) is 2. The molecule has 2 aromatic carbocycles. The van der Waals surface area contributed by atoms with Crippen molar-refractivity contribution in [1.29, 1.82) is 0 Å². The van der Waals surface area contributed by atoms with Crippen LogP contribution in [0.1, 0.15) is 21.5 Å². The first-order chi connectivity index (χ1) is 9.17. The van der Waals surface area contributed by atoms with Gasteiger partial charge in [0.05, 0.1) is 6.42 Å². The molecule has 0 heterocycles. The van der Waals surface area contributed by atoms with Crippen molar-refractivity contribution in [3.8, 4) is 0 Å². The summed E-state index contributed by atoms with van der Waals surface area (Å²) in [6, 6.07) is 14.7. The second-order valence-corrected chi connectivity index (χ2v) is 4.45. The first kappa shape index (κ1) is 13.0. The highest BCUT2D eigenvalue weighted by atomic mass is 16.1. The van der Waals surface area contributed by atoms with Crippen LogP contribution in [0.2, 0.25) is 0 Å². The normalized spacial score (nSPS) is 9.95. The molecule has 0 bridgehead atoms. The molecule has 0 radical (unpaired) electrons. The number of rotatable bonds is 4. The van der Waals surface area contributed by atoms with Gasteiger partial charge < -0.3 is 5.32 Å². The summed E-state index contributed by atoms with van der Waals surface area (Å²) < 4.78 is 0. The SMILES string of the molecule is Cc1ccc(NC(=O)Cc2ccc(C=O)cc2)cc1. The Morgan fingerprint density at radius 3 is 2.26 bits per heavy atom. The molecule has 0 unspecified atom stereocenters. The molecule has 3 nitrogen and oxygen atoms in total. The van der Waals surface area contributed by atoms with Gasteiger partial charge in [0.25, 0.3) is 0 Å². The molecule has 0 saturated heterocycles. The van der Waals surface area contributed by atoms with Crippen molar-refractivity contribution in [2.45, 2.75) is 13.3 Å². The van der Waals surface area contributed by atoms with E-state index < -0.39 is 0 Å². The number of amides is 1. The minimum atomic E-state index is -0.0669. The summed E-state index contributed by atoms with van der Waals surface area (Å²) in [5.41, 5.74) is 3.44. The molecule has 1 N–H and O–H groups in total. The third-order valence-electron chi connectivity index (χ3n) is 2.82. The standard InChI is InChI=1S/C16H15NO2/c1-12-2-8-15(9-3-12)17-16(19)10-13-4-6-14(11-18)7-5-13/h2-9,11H,10H2,1H3,(H,17,19). The van der Waals surface area contributed by atoms with E-state index in [1.54, 1.807) is 24.3 Å². The summed E-state index contributed by atoms with van der Waals surface area (Å²) in [5.74, 6) is -0.0669. The first-order valence-corrected chi connectivity index (χ1v) is 6.08. The van der Waals surface area contributed by atoms with E-state index in [1.165, 1.54) is 0 Å². The molecule has 0 aliphatic heterocycles. The molecule has 0 saturated carbocycles. The van der Waals surface area contributed by atoms with Crippen LogP contribution in [0.4, 0.5) is 5.69 Å². The Balaban J connectivity index is 1.96. The van der Waals surface area contributed by atoms with Crippen molar-refractivity contribution in [3.05, 3.63) is 65.2 Å². The average molecular weight is 253 g/mol. The first-order valence-electron chi connectivity index (χ1n) is 6.08. The quantitative estimate of drug-likeness (QED) is 0.851. The van der Waals surface area contributed by atoms with E-state index in [9.17, 15) is 9.59 Å². The Hall–Kier alpha value is -2.42. The molecule has 2 aromatic rings. The smallest absolute Gasteiger partial charge is 0.228 e. The van der Waals surface area contributed by atoms with E-state index in [2.05, 4.69) is 5.32 Å². The molecule has 0 atom stereocenters. The third-order valence-corrected chi connectivity index (χ3v) is 2.82. The fourth-order valence-electron chi connectivity index (χ4n) is 1.74. The lowest BCUT2D eigenvalue weighted by molar-refractivity contribution is -0.115. The molecule has 0 aliphatic carbocycles. The van der Waals surface area contributed by atoms with Gasteiger partial charge in [-0.3, -0.25) is 9.59 Å². The number of aldehydes is 1. The second kappa shape index (κ2) is 5.96. The van der Waals surface area contributed by atoms with Gasteiger partial charge in [0, 0.05) is 11.3 Å². The van der Waals surface area contributed by atoms with Gasteiger partial charge in [0.15, 0.2) is 0 Å². The van der Waals surface area contributed by atoms with E-state index in [4.69, 9.17) is 0 Å². The van der Waals surface area contributed by atoms with Gasteiger partial charge in [-0.05, 0) is 24.6 Å². The zero-order chi connectivity index (χ0) is 13.7. The Labute approximate surface area is 112 Å². The maximum Gasteiger partial charge on any atom is 0.228 e. The van der Waals surface area contributed by atoms with E-state index in [-0.39, 0.29) is 5.91 Å². The number of benzene rings is 2. The van der Waals surface area contributed by atoms with Crippen LogP contribution in [0.15, 0.2) is 48.5 Å². The number of hydrogen-bond donors (Lipinski definition) is 1. The Kier molecular flexibility index (Phi) is 4.08. The topological polar surface area (TPSA) is 46.2 Å². The van der Waals surface area contributed by atoms with Gasteiger partial charge >= 0.3 is 0 Å². The van der Waals surface area contributed by atoms with Crippen LogP contribution >= 0.6 is 0 Å². The highest BCUT2D eigenvalue weighted by Crippen LogP contribution is 2.10. The second-order valence-electron chi connectivity index (χ2n) is 4.45. The fourth-order valence-corrected chi connectivity index (χ4v) is 1.74. The van der Waals surface area contributed by atoms with E-state index >= 15 is 0 Å². The average Bonchev–Trinajstić information content (AvgIpc) is 2.42. The minimum absolute atomic E-state index is 0.0669. The maximum absolute atomic E-state index is 11.8. The van der Waals surface area contributed by atoms with Gasteiger partial charge in [-0.15, -0.1) is 0 Å². The molecular weight excluding hydrogens is 238 g/mol. The Bertz CT molecular complexity index is 571. The fraction of sp³-hybridized carbons (Fsp3) is 0.125.